The van der Waals surface area contributed by atoms with Crippen LogP contribution in [0.1, 0.15) is 35.7 Å². The average Bonchev–Trinajstić information content (AvgIpc) is 3.33. The van der Waals surface area contributed by atoms with E-state index in [0.717, 1.165) is 37.3 Å². The van der Waals surface area contributed by atoms with E-state index >= 15 is 0 Å². The minimum atomic E-state index is -0.0376. The highest BCUT2D eigenvalue weighted by molar-refractivity contribution is 7.10. The number of aromatic nitrogens is 4. The number of thiophene rings is 1. The summed E-state index contributed by atoms with van der Waals surface area (Å²) in [6.45, 7) is 3.98. The highest BCUT2D eigenvalue weighted by Crippen LogP contribution is 2.36. The van der Waals surface area contributed by atoms with E-state index in [1.54, 1.807) is 11.6 Å². The maximum atomic E-state index is 12.6. The zero-order valence-electron chi connectivity index (χ0n) is 15.4. The number of hydrogen-bond acceptors (Lipinski definition) is 5. The number of aryl methyl sites for hydroxylation is 1. The van der Waals surface area contributed by atoms with Gasteiger partial charge in [0.1, 0.15) is 0 Å². The van der Waals surface area contributed by atoms with Crippen LogP contribution in [-0.2, 0) is 20.0 Å². The first-order valence-corrected chi connectivity index (χ1v) is 10.2. The van der Waals surface area contributed by atoms with Crippen LogP contribution in [0.2, 0.25) is 0 Å². The minimum absolute atomic E-state index is 0.0376. The van der Waals surface area contributed by atoms with Gasteiger partial charge in [-0.3, -0.25) is 18.7 Å². The smallest absolute Gasteiger partial charge is 0.262 e. The maximum absolute atomic E-state index is 12.6. The fourth-order valence-electron chi connectivity index (χ4n) is 4.29. The Kier molecular flexibility index (Phi) is 3.87. The third kappa shape index (κ3) is 2.45. The van der Waals surface area contributed by atoms with Crippen molar-refractivity contribution >= 4 is 28.0 Å². The highest BCUT2D eigenvalue weighted by atomic mass is 32.1. The van der Waals surface area contributed by atoms with Crippen LogP contribution in [0, 0.1) is 0 Å². The molecule has 0 bridgehead atoms. The highest BCUT2D eigenvalue weighted by Gasteiger charge is 2.28. The molecule has 7 heteroatoms. The molecule has 1 aliphatic rings. The van der Waals surface area contributed by atoms with E-state index < -0.39 is 0 Å². The lowest BCUT2D eigenvalue weighted by molar-refractivity contribution is 0.168. The number of hydrogen-bond donors (Lipinski definition) is 0. The molecule has 1 unspecified atom stereocenters. The molecule has 0 spiro atoms. The molecule has 27 heavy (non-hydrogen) atoms. The summed E-state index contributed by atoms with van der Waals surface area (Å²) >= 11 is 1.86. The maximum Gasteiger partial charge on any atom is 0.262 e. The summed E-state index contributed by atoms with van der Waals surface area (Å²) in [6, 6.07) is 10.4. The van der Waals surface area contributed by atoms with Crippen LogP contribution < -0.4 is 5.56 Å². The van der Waals surface area contributed by atoms with Crippen molar-refractivity contribution in [1.29, 1.82) is 0 Å². The molecule has 138 valence electrons. The van der Waals surface area contributed by atoms with Gasteiger partial charge in [-0.1, -0.05) is 19.1 Å². The number of fused-ring (bicyclic) bond motifs is 4. The second-order valence-electron chi connectivity index (χ2n) is 7.08. The van der Waals surface area contributed by atoms with Gasteiger partial charge in [0.15, 0.2) is 5.82 Å². The van der Waals surface area contributed by atoms with Gasteiger partial charge < -0.3 is 0 Å². The van der Waals surface area contributed by atoms with Crippen molar-refractivity contribution < 1.29 is 0 Å². The van der Waals surface area contributed by atoms with Gasteiger partial charge in [0.05, 0.1) is 17.4 Å². The van der Waals surface area contributed by atoms with Crippen LogP contribution in [0.4, 0.5) is 0 Å². The van der Waals surface area contributed by atoms with E-state index in [-0.39, 0.29) is 5.56 Å². The van der Waals surface area contributed by atoms with E-state index in [0.29, 0.717) is 17.2 Å². The first-order valence-electron chi connectivity index (χ1n) is 9.31. The first-order chi connectivity index (χ1) is 13.2. The zero-order valence-corrected chi connectivity index (χ0v) is 16.2. The summed E-state index contributed by atoms with van der Waals surface area (Å²) in [4.78, 5) is 16.6. The normalized spacial score (nSPS) is 17.6. The van der Waals surface area contributed by atoms with Crippen molar-refractivity contribution in [2.24, 2.45) is 7.05 Å². The van der Waals surface area contributed by atoms with E-state index in [2.05, 4.69) is 33.5 Å². The van der Waals surface area contributed by atoms with E-state index in [1.165, 1.54) is 10.4 Å². The summed E-state index contributed by atoms with van der Waals surface area (Å²) in [5.41, 5.74) is 2.29. The number of benzene rings is 1. The van der Waals surface area contributed by atoms with Crippen LogP contribution in [0.5, 0.6) is 0 Å². The predicted octanol–water partition coefficient (Wildman–Crippen LogP) is 3.15. The van der Waals surface area contributed by atoms with Gasteiger partial charge >= 0.3 is 0 Å². The summed E-state index contributed by atoms with van der Waals surface area (Å²) in [6.07, 6.45) is 2.15. The van der Waals surface area contributed by atoms with Crippen molar-refractivity contribution in [1.82, 2.24) is 24.1 Å². The lowest BCUT2D eigenvalue weighted by Crippen LogP contribution is -2.34. The summed E-state index contributed by atoms with van der Waals surface area (Å²) in [7, 11) is 1.76. The molecule has 0 aliphatic carbocycles. The molecule has 4 heterocycles. The molecule has 4 aromatic rings. The number of nitrogens with zero attached hydrogens (tertiary/aromatic N) is 5. The summed E-state index contributed by atoms with van der Waals surface area (Å²) in [5.74, 6) is 1.48. The fourth-order valence-corrected chi connectivity index (χ4v) is 5.22. The Morgan fingerprint density at radius 2 is 2.07 bits per heavy atom. The van der Waals surface area contributed by atoms with Gasteiger partial charge in [-0.15, -0.1) is 21.5 Å². The van der Waals surface area contributed by atoms with Gasteiger partial charge in [0.25, 0.3) is 5.56 Å². The molecule has 6 nitrogen and oxygen atoms in total. The second-order valence-corrected chi connectivity index (χ2v) is 8.08. The van der Waals surface area contributed by atoms with Crippen molar-refractivity contribution in [3.63, 3.8) is 0 Å². The fraction of sp³-hybridized carbons (Fsp3) is 0.350. The molecule has 3 aromatic heterocycles. The lowest BCUT2D eigenvalue weighted by Gasteiger charge is -2.34. The minimum Gasteiger partial charge on any atom is -0.288 e. The summed E-state index contributed by atoms with van der Waals surface area (Å²) in [5, 5.41) is 11.7. The van der Waals surface area contributed by atoms with Crippen LogP contribution in [0.15, 0.2) is 40.5 Å². The number of para-hydroxylation sites is 1. The zero-order chi connectivity index (χ0) is 18.5. The third-order valence-corrected chi connectivity index (χ3v) is 6.63. The van der Waals surface area contributed by atoms with Crippen LogP contribution in [0.25, 0.3) is 16.7 Å². The number of rotatable bonds is 3. The SMILES string of the molecule is CCC1c2ccsc2CCN1Cc1nnc2n(C)c(=O)c3ccccc3n12. The predicted molar refractivity (Wildman–Crippen MR) is 107 cm³/mol. The van der Waals surface area contributed by atoms with Gasteiger partial charge in [-0.2, -0.15) is 0 Å². The molecule has 1 atom stereocenters. The lowest BCUT2D eigenvalue weighted by atomic mass is 9.98. The van der Waals surface area contributed by atoms with Crippen molar-refractivity contribution in [2.75, 3.05) is 6.54 Å². The van der Waals surface area contributed by atoms with Crippen molar-refractivity contribution in [2.45, 2.75) is 32.4 Å². The molecule has 0 radical (unpaired) electrons. The third-order valence-electron chi connectivity index (χ3n) is 5.63. The standard InChI is InChI=1S/C20H21N5OS/c1-3-15-13-9-11-27-17(13)8-10-24(15)12-18-21-22-20-23(2)19(26)14-6-4-5-7-16(14)25(18)20/h4-7,9,11,15H,3,8,10,12H2,1-2H3. The van der Waals surface area contributed by atoms with Gasteiger partial charge in [-0.25, -0.2) is 0 Å². The Bertz CT molecular complexity index is 1200. The molecular formula is C20H21N5OS. The molecule has 0 saturated heterocycles. The first kappa shape index (κ1) is 16.6. The second kappa shape index (κ2) is 6.28. The van der Waals surface area contributed by atoms with Crippen molar-refractivity contribution in [3.05, 3.63) is 62.3 Å². The van der Waals surface area contributed by atoms with Crippen LogP contribution in [0.3, 0.4) is 0 Å². The molecule has 0 fully saturated rings. The molecule has 1 aromatic carbocycles. The molecule has 5 rings (SSSR count). The Balaban J connectivity index is 1.64. The Morgan fingerprint density at radius 3 is 2.93 bits per heavy atom. The van der Waals surface area contributed by atoms with Crippen LogP contribution in [-0.4, -0.2) is 30.6 Å². The Hall–Kier alpha value is -2.51. The van der Waals surface area contributed by atoms with Crippen LogP contribution >= 0.6 is 11.3 Å². The molecular weight excluding hydrogens is 358 g/mol. The van der Waals surface area contributed by atoms with Crippen molar-refractivity contribution in [3.8, 4) is 0 Å². The van der Waals surface area contributed by atoms with Gasteiger partial charge in [0.2, 0.25) is 5.78 Å². The molecule has 0 N–H and O–H groups in total. The summed E-state index contributed by atoms with van der Waals surface area (Å²) < 4.78 is 3.62. The quantitative estimate of drug-likeness (QED) is 0.549. The molecule has 0 amide bonds. The Morgan fingerprint density at radius 1 is 1.22 bits per heavy atom. The molecule has 0 saturated carbocycles. The molecule has 1 aliphatic heterocycles. The Labute approximate surface area is 160 Å². The average molecular weight is 379 g/mol. The largest absolute Gasteiger partial charge is 0.288 e. The topological polar surface area (TPSA) is 55.4 Å². The van der Waals surface area contributed by atoms with Gasteiger partial charge in [-0.05, 0) is 42.0 Å². The van der Waals surface area contributed by atoms with E-state index in [1.807, 2.05) is 40.0 Å². The van der Waals surface area contributed by atoms with Gasteiger partial charge in [0, 0.05) is 24.5 Å². The monoisotopic (exact) mass is 379 g/mol. The van der Waals surface area contributed by atoms with E-state index in [9.17, 15) is 4.79 Å². The van der Waals surface area contributed by atoms with E-state index in [4.69, 9.17) is 0 Å².